The largest absolute Gasteiger partial charge is 0.457 e. The lowest BCUT2D eigenvalue weighted by Gasteiger charge is -2.30. The Kier molecular flexibility index (Phi) is 8.84. The molecule has 6 heteroatoms. The second-order valence-electron chi connectivity index (χ2n) is 8.18. The fourth-order valence-electron chi connectivity index (χ4n) is 3.64. The van der Waals surface area contributed by atoms with Crippen molar-refractivity contribution in [1.29, 1.82) is 0 Å². The fourth-order valence-corrected chi connectivity index (χ4v) is 4.98. The zero-order valence-corrected chi connectivity index (χ0v) is 20.9. The van der Waals surface area contributed by atoms with E-state index in [1.165, 1.54) is 0 Å². The van der Waals surface area contributed by atoms with Crippen LogP contribution in [0.2, 0.25) is 0 Å². The van der Waals surface area contributed by atoms with Crippen molar-refractivity contribution in [3.8, 4) is 11.5 Å². The first-order chi connectivity index (χ1) is 15.6. The number of para-hydroxylation sites is 3. The third-order valence-electron chi connectivity index (χ3n) is 6.04. The van der Waals surface area contributed by atoms with Crippen molar-refractivity contribution in [3.05, 3.63) is 84.4 Å². The zero-order chi connectivity index (χ0) is 22.4. The molecule has 1 heterocycles. The van der Waals surface area contributed by atoms with E-state index < -0.39 is 0 Å². The molecule has 33 heavy (non-hydrogen) atoms. The Bertz CT molecular complexity index is 1050. The third-order valence-corrected chi connectivity index (χ3v) is 7.44. The van der Waals surface area contributed by atoms with Crippen LogP contribution in [-0.2, 0) is 0 Å². The lowest BCUT2D eigenvalue weighted by Crippen LogP contribution is -2.42. The third kappa shape index (κ3) is 6.32. The van der Waals surface area contributed by atoms with Gasteiger partial charge in [-0.2, -0.15) is 0 Å². The van der Waals surface area contributed by atoms with Crippen molar-refractivity contribution in [3.63, 3.8) is 0 Å². The maximum absolute atomic E-state index is 6.57. The van der Waals surface area contributed by atoms with Crippen molar-refractivity contribution in [2.75, 3.05) is 16.6 Å². The van der Waals surface area contributed by atoms with Crippen molar-refractivity contribution in [1.82, 2.24) is 0 Å². The maximum atomic E-state index is 6.57. The summed E-state index contributed by atoms with van der Waals surface area (Å²) in [5, 5.41) is 0. The molecule has 3 aromatic carbocycles. The maximum Gasteiger partial charge on any atom is 0.127 e. The minimum absolute atomic E-state index is 0. The summed E-state index contributed by atoms with van der Waals surface area (Å²) in [6.07, 6.45) is 2.83. The number of nitrogens with zero attached hydrogens (tertiary/aromatic N) is 2. The highest BCUT2D eigenvalue weighted by Crippen LogP contribution is 2.37. The van der Waals surface area contributed by atoms with Gasteiger partial charge >= 0.3 is 0 Å². The van der Waals surface area contributed by atoms with Gasteiger partial charge in [0.25, 0.3) is 0 Å². The van der Waals surface area contributed by atoms with Crippen LogP contribution in [-0.4, -0.2) is 23.5 Å². The van der Waals surface area contributed by atoms with E-state index in [1.54, 1.807) is 0 Å². The first-order valence-corrected chi connectivity index (χ1v) is 12.2. The molecular weight excluding hydrogens is 450 g/mol. The van der Waals surface area contributed by atoms with E-state index in [1.807, 2.05) is 54.4 Å². The van der Waals surface area contributed by atoms with Crippen molar-refractivity contribution in [2.24, 2.45) is 10.7 Å². The molecular formula is C27H32ClN3OS. The molecule has 0 aromatic heterocycles. The predicted octanol–water partition coefficient (Wildman–Crippen LogP) is 7.40. The van der Waals surface area contributed by atoms with E-state index in [-0.39, 0.29) is 17.9 Å². The number of aliphatic imine (C=N–C) groups is 1. The lowest BCUT2D eigenvalue weighted by molar-refractivity contribution is 0.446. The standard InChI is InChI=1S/C27H31N3OS.ClH/c1-3-27(28,4-2)20-32-30-19-18-24(29-25-12-8-9-13-26(25)30)21-14-16-23(17-15-21)31-22-10-6-5-7-11-22;/h5-17H,3-4,18-20,28H2,1-2H3;1H. The normalized spacial score (nSPS) is 13.4. The molecule has 1 aliphatic heterocycles. The molecule has 2 N–H and O–H groups in total. The van der Waals surface area contributed by atoms with Crippen molar-refractivity contribution < 1.29 is 4.74 Å². The minimum atomic E-state index is -0.135. The van der Waals surface area contributed by atoms with Gasteiger partial charge in [-0.1, -0.05) is 44.2 Å². The van der Waals surface area contributed by atoms with Gasteiger partial charge in [-0.25, -0.2) is 0 Å². The molecule has 174 valence electrons. The summed E-state index contributed by atoms with van der Waals surface area (Å²) in [5.74, 6) is 2.56. The van der Waals surface area contributed by atoms with Gasteiger partial charge in [-0.15, -0.1) is 12.4 Å². The number of rotatable bonds is 8. The van der Waals surface area contributed by atoms with Gasteiger partial charge in [-0.3, -0.25) is 4.99 Å². The number of benzene rings is 3. The van der Waals surface area contributed by atoms with Gasteiger partial charge in [0.2, 0.25) is 0 Å². The second kappa shape index (κ2) is 11.6. The number of ether oxygens (including phenoxy) is 1. The highest BCUT2D eigenvalue weighted by molar-refractivity contribution is 8.00. The summed E-state index contributed by atoms with van der Waals surface area (Å²) in [4.78, 5) is 5.05. The fraction of sp³-hybridized carbons (Fsp3) is 0.296. The average Bonchev–Trinajstić information content (AvgIpc) is 3.03. The molecule has 0 bridgehead atoms. The molecule has 0 aliphatic carbocycles. The molecule has 4 nitrogen and oxygen atoms in total. The van der Waals surface area contributed by atoms with E-state index in [0.717, 1.165) is 65.7 Å². The average molecular weight is 482 g/mol. The highest BCUT2D eigenvalue weighted by Gasteiger charge is 2.24. The van der Waals surface area contributed by atoms with Crippen LogP contribution in [0.5, 0.6) is 11.5 Å². The quantitative estimate of drug-likeness (QED) is 0.340. The number of halogens is 1. The Morgan fingerprint density at radius 1 is 0.909 bits per heavy atom. The number of fused-ring (bicyclic) bond motifs is 1. The molecule has 0 radical (unpaired) electrons. The summed E-state index contributed by atoms with van der Waals surface area (Å²) < 4.78 is 8.31. The summed E-state index contributed by atoms with van der Waals surface area (Å²) in [5.41, 5.74) is 10.8. The van der Waals surface area contributed by atoms with E-state index in [0.29, 0.717) is 0 Å². The monoisotopic (exact) mass is 481 g/mol. The van der Waals surface area contributed by atoms with Crippen LogP contribution in [0.15, 0.2) is 83.9 Å². The molecule has 3 aromatic rings. The molecule has 1 aliphatic rings. The molecule has 0 saturated carbocycles. The Morgan fingerprint density at radius 3 is 2.24 bits per heavy atom. The summed E-state index contributed by atoms with van der Waals surface area (Å²) in [7, 11) is 0. The zero-order valence-electron chi connectivity index (χ0n) is 19.2. The van der Waals surface area contributed by atoms with Crippen LogP contribution in [0.4, 0.5) is 11.4 Å². The molecule has 0 amide bonds. The summed E-state index contributed by atoms with van der Waals surface area (Å²) in [6, 6.07) is 26.5. The van der Waals surface area contributed by atoms with Gasteiger partial charge in [-0.05, 0) is 78.9 Å². The molecule has 0 fully saturated rings. The predicted molar refractivity (Wildman–Crippen MR) is 145 cm³/mol. The lowest BCUT2D eigenvalue weighted by atomic mass is 9.97. The Hall–Kier alpha value is -2.47. The van der Waals surface area contributed by atoms with Crippen molar-refractivity contribution in [2.45, 2.75) is 38.6 Å². The Morgan fingerprint density at radius 2 is 1.55 bits per heavy atom. The van der Waals surface area contributed by atoms with Crippen LogP contribution in [0.1, 0.15) is 38.7 Å². The number of hydrogen-bond acceptors (Lipinski definition) is 5. The molecule has 0 unspecified atom stereocenters. The first-order valence-electron chi connectivity index (χ1n) is 11.3. The van der Waals surface area contributed by atoms with E-state index in [2.05, 4.69) is 54.6 Å². The minimum Gasteiger partial charge on any atom is -0.457 e. The van der Waals surface area contributed by atoms with Crippen LogP contribution in [0.25, 0.3) is 0 Å². The number of anilines is 1. The number of hydrogen-bond donors (Lipinski definition) is 1. The van der Waals surface area contributed by atoms with Crippen LogP contribution >= 0.6 is 24.4 Å². The van der Waals surface area contributed by atoms with E-state index in [9.17, 15) is 0 Å². The van der Waals surface area contributed by atoms with Gasteiger partial charge in [0.1, 0.15) is 11.5 Å². The van der Waals surface area contributed by atoms with Gasteiger partial charge in [0, 0.05) is 24.3 Å². The second-order valence-corrected chi connectivity index (χ2v) is 9.17. The summed E-state index contributed by atoms with van der Waals surface area (Å²) >= 11 is 1.83. The summed E-state index contributed by atoms with van der Waals surface area (Å²) in [6.45, 7) is 5.24. The van der Waals surface area contributed by atoms with E-state index >= 15 is 0 Å². The molecule has 4 rings (SSSR count). The molecule has 0 spiro atoms. The highest BCUT2D eigenvalue weighted by atomic mass is 35.5. The van der Waals surface area contributed by atoms with Crippen LogP contribution < -0.4 is 14.8 Å². The Labute approximate surface area is 207 Å². The van der Waals surface area contributed by atoms with Gasteiger partial charge < -0.3 is 14.8 Å². The smallest absolute Gasteiger partial charge is 0.127 e. The van der Waals surface area contributed by atoms with Crippen molar-refractivity contribution >= 4 is 41.4 Å². The van der Waals surface area contributed by atoms with Crippen LogP contribution in [0.3, 0.4) is 0 Å². The van der Waals surface area contributed by atoms with Crippen LogP contribution in [0, 0.1) is 0 Å². The van der Waals surface area contributed by atoms with Gasteiger partial charge in [0.05, 0.1) is 17.1 Å². The Balaban J connectivity index is 0.00000306. The van der Waals surface area contributed by atoms with Gasteiger partial charge in [0.15, 0.2) is 0 Å². The topological polar surface area (TPSA) is 50.8 Å². The van der Waals surface area contributed by atoms with E-state index in [4.69, 9.17) is 15.5 Å². The first kappa shape index (κ1) is 25.2. The number of nitrogens with two attached hydrogens (primary N) is 1. The molecule has 0 atom stereocenters. The SMILES string of the molecule is CCC(N)(CC)CSN1CCC(c2ccc(Oc3ccccc3)cc2)=Nc2ccccc21.Cl. The molecule has 0 saturated heterocycles.